The Labute approximate surface area is 254 Å². The summed E-state index contributed by atoms with van der Waals surface area (Å²) in [5.41, 5.74) is 9.30. The van der Waals surface area contributed by atoms with E-state index in [1.807, 2.05) is 41.1 Å². The molecule has 0 saturated heterocycles. The van der Waals surface area contributed by atoms with Crippen LogP contribution in [0.3, 0.4) is 0 Å². The summed E-state index contributed by atoms with van der Waals surface area (Å²) in [6, 6.07) is 33.3. The molecule has 1 N–H and O–H groups in total. The van der Waals surface area contributed by atoms with Crippen molar-refractivity contribution >= 4 is 56.2 Å². The lowest BCUT2D eigenvalue weighted by Crippen LogP contribution is -2.46. The zero-order chi connectivity index (χ0) is 29.0. The van der Waals surface area contributed by atoms with Gasteiger partial charge in [-0.05, 0) is 79.6 Å². The van der Waals surface area contributed by atoms with Gasteiger partial charge < -0.3 is 15.1 Å². The molecule has 8 heteroatoms. The van der Waals surface area contributed by atoms with Gasteiger partial charge in [-0.3, -0.25) is 0 Å². The first-order chi connectivity index (χ1) is 20.4. The number of rotatable bonds is 4. The van der Waals surface area contributed by atoms with Crippen LogP contribution in [0.1, 0.15) is 28.4 Å². The Kier molecular flexibility index (Phi) is 6.43. The number of anilines is 3. The van der Waals surface area contributed by atoms with Crippen molar-refractivity contribution in [2.75, 3.05) is 29.2 Å². The van der Waals surface area contributed by atoms with E-state index in [1.54, 1.807) is 0 Å². The molecular weight excluding hydrogens is 586 g/mol. The van der Waals surface area contributed by atoms with E-state index in [9.17, 15) is 0 Å². The lowest BCUT2D eigenvalue weighted by Gasteiger charge is -2.40. The van der Waals surface area contributed by atoms with Crippen molar-refractivity contribution in [3.8, 4) is 5.69 Å². The summed E-state index contributed by atoms with van der Waals surface area (Å²) in [5.74, 6) is 2.26. The van der Waals surface area contributed by atoms with Crippen LogP contribution in [0.15, 0.2) is 112 Å². The summed E-state index contributed by atoms with van der Waals surface area (Å²) in [6.45, 7) is 4.19. The smallest absolute Gasteiger partial charge is 0.179 e. The first-order valence-corrected chi connectivity index (χ1v) is 14.7. The molecule has 0 spiro atoms. The highest BCUT2D eigenvalue weighted by atomic mass is 79.9. The standard InChI is InChI=1S/C34H30BrN7/c1-21-9-5-7-11-28(21)42-33-30(22(2)39-42)31(23-13-19-26(20-14-23)40(3)4)41-29-12-8-6-10-27(29)37-32(34(41)38-33)36-25-17-15-24(35)16-18-25/h5-20,31H,1-4H3,(H,36,37). The number of amidine groups is 2. The predicted molar refractivity (Wildman–Crippen MR) is 177 cm³/mol. The van der Waals surface area contributed by atoms with Crippen LogP contribution in [0, 0.1) is 13.8 Å². The fourth-order valence-corrected chi connectivity index (χ4v) is 5.97. The largest absolute Gasteiger partial charge is 0.378 e. The van der Waals surface area contributed by atoms with Gasteiger partial charge in [0.25, 0.3) is 0 Å². The highest BCUT2D eigenvalue weighted by Gasteiger charge is 2.41. The lowest BCUT2D eigenvalue weighted by molar-refractivity contribution is 0.814. The Morgan fingerprint density at radius 3 is 2.19 bits per heavy atom. The van der Waals surface area contributed by atoms with E-state index in [4.69, 9.17) is 15.1 Å². The normalized spacial score (nSPS) is 15.3. The van der Waals surface area contributed by atoms with Crippen molar-refractivity contribution in [2.45, 2.75) is 19.9 Å². The number of hydrogen-bond acceptors (Lipinski definition) is 6. The van der Waals surface area contributed by atoms with Crippen molar-refractivity contribution in [1.29, 1.82) is 0 Å². The van der Waals surface area contributed by atoms with Crippen molar-refractivity contribution in [3.63, 3.8) is 0 Å². The Hall–Kier alpha value is -4.69. The molecule has 7 rings (SSSR count). The fourth-order valence-electron chi connectivity index (χ4n) is 5.71. The topological polar surface area (TPSA) is 61.1 Å². The van der Waals surface area contributed by atoms with Crippen molar-refractivity contribution in [3.05, 3.63) is 124 Å². The number of aryl methyl sites for hydroxylation is 2. The molecule has 4 aromatic carbocycles. The second-order valence-corrected chi connectivity index (χ2v) is 11.7. The molecule has 5 aromatic rings. The van der Waals surface area contributed by atoms with Crippen LogP contribution < -0.4 is 15.1 Å². The number of hydrogen-bond donors (Lipinski definition) is 1. The zero-order valence-electron chi connectivity index (χ0n) is 23.9. The molecule has 7 nitrogen and oxygen atoms in total. The van der Waals surface area contributed by atoms with Crippen molar-refractivity contribution in [1.82, 2.24) is 9.78 Å². The Balaban J connectivity index is 1.49. The van der Waals surface area contributed by atoms with Crippen LogP contribution in [0.5, 0.6) is 0 Å². The van der Waals surface area contributed by atoms with E-state index < -0.39 is 0 Å². The number of para-hydroxylation sites is 3. The van der Waals surface area contributed by atoms with Gasteiger partial charge in [-0.2, -0.15) is 5.10 Å². The average Bonchev–Trinajstić information content (AvgIpc) is 3.33. The van der Waals surface area contributed by atoms with E-state index in [1.165, 1.54) is 0 Å². The molecule has 2 aliphatic rings. The van der Waals surface area contributed by atoms with Gasteiger partial charge in [-0.15, -0.1) is 0 Å². The fraction of sp³-hybridized carbons (Fsp3) is 0.147. The molecule has 1 aromatic heterocycles. The third-order valence-corrected chi connectivity index (χ3v) is 8.34. The first kappa shape index (κ1) is 26.2. The van der Waals surface area contributed by atoms with Crippen LogP contribution >= 0.6 is 15.9 Å². The molecule has 0 aliphatic carbocycles. The van der Waals surface area contributed by atoms with Gasteiger partial charge in [-0.25, -0.2) is 14.7 Å². The summed E-state index contributed by atoms with van der Waals surface area (Å²) in [5, 5.41) is 8.66. The lowest BCUT2D eigenvalue weighted by atomic mass is 9.93. The molecule has 0 amide bonds. The number of nitrogens with zero attached hydrogens (tertiary/aromatic N) is 6. The molecule has 1 atom stereocenters. The number of aliphatic imine (C=N–C) groups is 2. The molecule has 0 saturated carbocycles. The number of fused-ring (bicyclic) bond motifs is 4. The summed E-state index contributed by atoms with van der Waals surface area (Å²) < 4.78 is 3.01. The second-order valence-electron chi connectivity index (χ2n) is 10.8. The third-order valence-electron chi connectivity index (χ3n) is 7.81. The number of benzene rings is 4. The molecule has 0 fully saturated rings. The maximum Gasteiger partial charge on any atom is 0.179 e. The maximum atomic E-state index is 5.35. The minimum absolute atomic E-state index is 0.167. The predicted octanol–water partition coefficient (Wildman–Crippen LogP) is 8.11. The van der Waals surface area contributed by atoms with Crippen LogP contribution in [0.4, 0.5) is 28.6 Å². The molecule has 3 heterocycles. The molecule has 1 unspecified atom stereocenters. The summed E-state index contributed by atoms with van der Waals surface area (Å²) in [4.78, 5) is 14.9. The van der Waals surface area contributed by atoms with E-state index in [0.29, 0.717) is 5.84 Å². The van der Waals surface area contributed by atoms with Crippen LogP contribution in [0.2, 0.25) is 0 Å². The minimum Gasteiger partial charge on any atom is -0.378 e. The Bertz CT molecular complexity index is 1870. The van der Waals surface area contributed by atoms with Crippen molar-refractivity contribution in [2.24, 2.45) is 9.98 Å². The third kappa shape index (κ3) is 4.39. The van der Waals surface area contributed by atoms with Gasteiger partial charge in [0, 0.05) is 35.5 Å². The SMILES string of the molecule is Cc1ccccc1-n1nc(C)c2c1N=C1C(Nc3ccc(Br)cc3)=Nc3ccccc3N1C2c1ccc(N(C)C)cc1. The molecular formula is C34H30BrN7. The van der Waals surface area contributed by atoms with E-state index in [0.717, 1.165) is 66.9 Å². The Morgan fingerprint density at radius 2 is 1.48 bits per heavy atom. The van der Waals surface area contributed by atoms with E-state index in [2.05, 4.69) is 120 Å². The maximum absolute atomic E-state index is 5.35. The monoisotopic (exact) mass is 615 g/mol. The Morgan fingerprint density at radius 1 is 0.786 bits per heavy atom. The molecule has 0 radical (unpaired) electrons. The molecule has 42 heavy (non-hydrogen) atoms. The van der Waals surface area contributed by atoms with Crippen LogP contribution in [-0.4, -0.2) is 35.5 Å². The van der Waals surface area contributed by atoms with E-state index in [-0.39, 0.29) is 6.04 Å². The van der Waals surface area contributed by atoms with Gasteiger partial charge in [0.2, 0.25) is 0 Å². The number of nitrogens with one attached hydrogen (secondary N) is 1. The number of aromatic nitrogens is 2. The van der Waals surface area contributed by atoms with Crippen molar-refractivity contribution < 1.29 is 0 Å². The highest BCUT2D eigenvalue weighted by Crippen LogP contribution is 2.48. The zero-order valence-corrected chi connectivity index (χ0v) is 25.5. The van der Waals surface area contributed by atoms with Gasteiger partial charge in [0.15, 0.2) is 17.5 Å². The van der Waals surface area contributed by atoms with Gasteiger partial charge >= 0.3 is 0 Å². The first-order valence-electron chi connectivity index (χ1n) is 13.9. The van der Waals surface area contributed by atoms with Crippen LogP contribution in [0.25, 0.3) is 5.69 Å². The highest BCUT2D eigenvalue weighted by molar-refractivity contribution is 9.10. The van der Waals surface area contributed by atoms with Crippen LogP contribution in [-0.2, 0) is 0 Å². The van der Waals surface area contributed by atoms with Gasteiger partial charge in [0.05, 0.1) is 28.8 Å². The van der Waals surface area contributed by atoms with E-state index >= 15 is 0 Å². The molecule has 0 bridgehead atoms. The summed E-state index contributed by atoms with van der Waals surface area (Å²) >= 11 is 3.55. The summed E-state index contributed by atoms with van der Waals surface area (Å²) in [6.07, 6.45) is 0. The summed E-state index contributed by atoms with van der Waals surface area (Å²) in [7, 11) is 4.12. The number of halogens is 1. The van der Waals surface area contributed by atoms with Gasteiger partial charge in [0.1, 0.15) is 0 Å². The molecule has 2 aliphatic heterocycles. The average molecular weight is 617 g/mol. The quantitative estimate of drug-likeness (QED) is 0.222. The second kappa shape index (κ2) is 10.3. The van der Waals surface area contributed by atoms with Gasteiger partial charge in [-0.1, -0.05) is 58.4 Å². The minimum atomic E-state index is -0.167. The molecule has 208 valence electrons.